The Labute approximate surface area is 42.4 Å². The molecule has 0 aromatic carbocycles. The zero-order valence-electron chi connectivity index (χ0n) is 3.96. The fraction of sp³-hybridized carbons (Fsp3) is 0. The number of hydrogen-bond acceptors (Lipinski definition) is 3. The van der Waals surface area contributed by atoms with Crippen LogP contribution in [0, 0.1) is 0 Å². The molecule has 0 unspecified atom stereocenters. The van der Waals surface area contributed by atoms with E-state index in [1.807, 2.05) is 0 Å². The lowest BCUT2D eigenvalue weighted by Gasteiger charge is -1.79. The van der Waals surface area contributed by atoms with Gasteiger partial charge in [-0.1, -0.05) is 6.58 Å². The van der Waals surface area contributed by atoms with E-state index in [2.05, 4.69) is 29.0 Å². The lowest BCUT2D eigenvalue weighted by atomic mass is 10.7. The van der Waals surface area contributed by atoms with E-state index < -0.39 is 0 Å². The zero-order chi connectivity index (χ0) is 5.54. The van der Waals surface area contributed by atoms with E-state index in [0.717, 1.165) is 0 Å². The molecule has 3 heteroatoms. The zero-order valence-corrected chi connectivity index (χ0v) is 3.96. The highest BCUT2D eigenvalue weighted by atomic mass is 15.5. The molecule has 0 aliphatic heterocycles. The number of hydrazone groups is 2. The molecule has 0 spiro atoms. The molecule has 0 atom stereocenters. The summed E-state index contributed by atoms with van der Waals surface area (Å²) in [5.74, 6) is 0. The Hall–Kier alpha value is -1.12. The molecule has 0 radical (unpaired) electrons. The van der Waals surface area contributed by atoms with Crippen molar-refractivity contribution >= 4 is 12.9 Å². The van der Waals surface area contributed by atoms with Crippen molar-refractivity contribution in [3.63, 3.8) is 0 Å². The van der Waals surface area contributed by atoms with Gasteiger partial charge in [-0.2, -0.15) is 15.7 Å². The highest BCUT2D eigenvalue weighted by Crippen LogP contribution is 1.54. The molecule has 0 aromatic rings. The summed E-state index contributed by atoms with van der Waals surface area (Å²) in [5.41, 5.74) is 2.26. The summed E-state index contributed by atoms with van der Waals surface area (Å²) in [6.07, 6.45) is 3.02. The van der Waals surface area contributed by atoms with Gasteiger partial charge >= 0.3 is 0 Å². The average Bonchev–Trinajstić information content (AvgIpc) is 1.69. The van der Waals surface area contributed by atoms with Gasteiger partial charge in [-0.15, -0.1) is 0 Å². The van der Waals surface area contributed by atoms with Crippen molar-refractivity contribution in [2.75, 3.05) is 0 Å². The summed E-state index contributed by atoms with van der Waals surface area (Å²) in [4.78, 5) is 0. The van der Waals surface area contributed by atoms with Crippen LogP contribution in [0.3, 0.4) is 0 Å². The van der Waals surface area contributed by atoms with Gasteiger partial charge in [0.25, 0.3) is 0 Å². The van der Waals surface area contributed by atoms with Crippen LogP contribution in [0.5, 0.6) is 0 Å². The predicted octanol–water partition coefficient (Wildman–Crippen LogP) is 0.363. The van der Waals surface area contributed by atoms with Gasteiger partial charge in [0.1, 0.15) is 0 Å². The third kappa shape index (κ3) is 4.88. The molecule has 38 valence electrons. The van der Waals surface area contributed by atoms with Crippen LogP contribution in [-0.2, 0) is 0 Å². The Morgan fingerprint density at radius 3 is 2.71 bits per heavy atom. The Morgan fingerprint density at radius 1 is 1.57 bits per heavy atom. The number of allylic oxidation sites excluding steroid dienone is 1. The molecule has 3 nitrogen and oxygen atoms in total. The molecule has 0 amide bonds. The summed E-state index contributed by atoms with van der Waals surface area (Å²) in [7, 11) is 0. The van der Waals surface area contributed by atoms with Crippen molar-refractivity contribution in [1.82, 2.24) is 5.53 Å². The standard InChI is InChI=1S/C4H7N3/c1-3-4-6-7-5-2/h3-4,7H,1-2H2/b6-4-. The van der Waals surface area contributed by atoms with Crippen LogP contribution in [0.4, 0.5) is 0 Å². The van der Waals surface area contributed by atoms with E-state index in [0.29, 0.717) is 0 Å². The molecule has 0 aromatic heterocycles. The maximum atomic E-state index is 3.49. The van der Waals surface area contributed by atoms with E-state index in [1.165, 1.54) is 12.3 Å². The average molecular weight is 97.1 g/mol. The normalized spacial score (nSPS) is 8.57. The smallest absolute Gasteiger partial charge is 0.0483 e. The van der Waals surface area contributed by atoms with Crippen LogP contribution in [0.15, 0.2) is 22.9 Å². The van der Waals surface area contributed by atoms with Gasteiger partial charge < -0.3 is 0 Å². The maximum absolute atomic E-state index is 3.49. The van der Waals surface area contributed by atoms with Gasteiger partial charge in [0.15, 0.2) is 0 Å². The Bertz CT molecular complexity index is 84.9. The Kier molecular flexibility index (Phi) is 4.10. The summed E-state index contributed by atoms with van der Waals surface area (Å²) in [6, 6.07) is 0. The molecule has 0 aliphatic rings. The summed E-state index contributed by atoms with van der Waals surface area (Å²) < 4.78 is 0. The number of rotatable bonds is 3. The molecule has 0 bridgehead atoms. The molecule has 0 aliphatic carbocycles. The molecule has 0 saturated heterocycles. The molecule has 0 saturated carbocycles. The first-order valence-electron chi connectivity index (χ1n) is 1.76. The van der Waals surface area contributed by atoms with Gasteiger partial charge in [-0.05, 0) is 6.08 Å². The van der Waals surface area contributed by atoms with Gasteiger partial charge in [-0.25, -0.2) is 0 Å². The first kappa shape index (κ1) is 5.88. The van der Waals surface area contributed by atoms with E-state index in [1.54, 1.807) is 0 Å². The molecule has 0 rings (SSSR count). The monoisotopic (exact) mass is 97.1 g/mol. The van der Waals surface area contributed by atoms with Crippen molar-refractivity contribution in [3.8, 4) is 0 Å². The van der Waals surface area contributed by atoms with Crippen LogP contribution in [0.25, 0.3) is 0 Å². The Morgan fingerprint density at radius 2 is 2.29 bits per heavy atom. The third-order valence-electron chi connectivity index (χ3n) is 0.308. The minimum absolute atomic E-state index is 1.48. The second kappa shape index (κ2) is 4.88. The van der Waals surface area contributed by atoms with Crippen molar-refractivity contribution in [3.05, 3.63) is 12.7 Å². The minimum atomic E-state index is 1.48. The first-order valence-corrected chi connectivity index (χ1v) is 1.76. The molecular weight excluding hydrogens is 90.1 g/mol. The fourth-order valence-corrected chi connectivity index (χ4v) is 0.127. The lowest BCUT2D eigenvalue weighted by Crippen LogP contribution is -1.90. The molecular formula is C4H7N3. The second-order valence-corrected chi connectivity index (χ2v) is 0.772. The van der Waals surface area contributed by atoms with E-state index in [4.69, 9.17) is 0 Å². The van der Waals surface area contributed by atoms with Crippen molar-refractivity contribution in [2.24, 2.45) is 10.2 Å². The first-order chi connectivity index (χ1) is 3.41. The van der Waals surface area contributed by atoms with Gasteiger partial charge in [-0.3, -0.25) is 0 Å². The van der Waals surface area contributed by atoms with Crippen molar-refractivity contribution in [2.45, 2.75) is 0 Å². The largest absolute Gasteiger partial charge is 0.199 e. The Balaban J connectivity index is 3.08. The van der Waals surface area contributed by atoms with Gasteiger partial charge in [0.2, 0.25) is 0 Å². The van der Waals surface area contributed by atoms with E-state index in [9.17, 15) is 0 Å². The van der Waals surface area contributed by atoms with Gasteiger partial charge in [0.05, 0.1) is 0 Å². The third-order valence-corrected chi connectivity index (χ3v) is 0.308. The highest BCUT2D eigenvalue weighted by Gasteiger charge is 1.54. The molecule has 1 N–H and O–H groups in total. The van der Waals surface area contributed by atoms with Crippen molar-refractivity contribution in [1.29, 1.82) is 0 Å². The van der Waals surface area contributed by atoms with Gasteiger partial charge in [0, 0.05) is 12.9 Å². The summed E-state index contributed by atoms with van der Waals surface area (Å²) >= 11 is 0. The van der Waals surface area contributed by atoms with Crippen LogP contribution >= 0.6 is 0 Å². The van der Waals surface area contributed by atoms with E-state index >= 15 is 0 Å². The number of nitrogens with zero attached hydrogens (tertiary/aromatic N) is 2. The second-order valence-electron chi connectivity index (χ2n) is 0.772. The summed E-state index contributed by atoms with van der Waals surface area (Å²) in [5, 5.41) is 6.71. The topological polar surface area (TPSA) is 36.8 Å². The number of nitrogens with one attached hydrogen (secondary N) is 1. The minimum Gasteiger partial charge on any atom is -0.199 e. The van der Waals surface area contributed by atoms with E-state index in [-0.39, 0.29) is 0 Å². The molecule has 0 fully saturated rings. The molecule has 7 heavy (non-hydrogen) atoms. The fourth-order valence-electron chi connectivity index (χ4n) is 0.127. The molecule has 0 heterocycles. The van der Waals surface area contributed by atoms with Crippen LogP contribution in [0.2, 0.25) is 0 Å². The van der Waals surface area contributed by atoms with Crippen LogP contribution < -0.4 is 5.53 Å². The predicted molar refractivity (Wildman–Crippen MR) is 31.4 cm³/mol. The summed E-state index contributed by atoms with van der Waals surface area (Å²) in [6.45, 7) is 6.50. The lowest BCUT2D eigenvalue weighted by molar-refractivity contribution is 0.822. The quantitative estimate of drug-likeness (QED) is 0.400. The number of hydrogen-bond donors (Lipinski definition) is 1. The van der Waals surface area contributed by atoms with Crippen molar-refractivity contribution < 1.29 is 0 Å². The highest BCUT2D eigenvalue weighted by molar-refractivity contribution is 5.69. The SMILES string of the molecule is C=C/C=N\NN=C. The van der Waals surface area contributed by atoms with Crippen LogP contribution in [-0.4, -0.2) is 12.9 Å². The van der Waals surface area contributed by atoms with Crippen LogP contribution in [0.1, 0.15) is 0 Å². The maximum Gasteiger partial charge on any atom is 0.0483 e.